The predicted molar refractivity (Wildman–Crippen MR) is 66.6 cm³/mol. The Morgan fingerprint density at radius 1 is 1.13 bits per heavy atom. The van der Waals surface area contributed by atoms with Crippen LogP contribution in [0.2, 0.25) is 0 Å². The molecule has 0 spiro atoms. The molecule has 84 valence electrons. The summed E-state index contributed by atoms with van der Waals surface area (Å²) in [5.74, 6) is 1.86. The fourth-order valence-corrected chi connectivity index (χ4v) is 2.74. The Kier molecular flexibility index (Phi) is 5.19. The SMILES string of the molecule is CCS(=O)Cc1cccc(CS(C)=O)c1. The van der Waals surface area contributed by atoms with Crippen molar-refractivity contribution in [3.63, 3.8) is 0 Å². The molecule has 0 heterocycles. The average molecular weight is 244 g/mol. The topological polar surface area (TPSA) is 34.1 Å². The molecule has 1 rings (SSSR count). The Morgan fingerprint density at radius 2 is 1.73 bits per heavy atom. The van der Waals surface area contributed by atoms with Gasteiger partial charge in [-0.15, -0.1) is 0 Å². The second-order valence-corrected chi connectivity index (χ2v) is 6.59. The molecule has 0 saturated carbocycles. The molecule has 0 amide bonds. The van der Waals surface area contributed by atoms with Crippen molar-refractivity contribution in [1.29, 1.82) is 0 Å². The predicted octanol–water partition coefficient (Wildman–Crippen LogP) is 1.83. The van der Waals surface area contributed by atoms with Gasteiger partial charge in [-0.2, -0.15) is 0 Å². The summed E-state index contributed by atoms with van der Waals surface area (Å²) in [6, 6.07) is 7.86. The van der Waals surface area contributed by atoms with E-state index in [-0.39, 0.29) is 0 Å². The van der Waals surface area contributed by atoms with Crippen LogP contribution in [0.4, 0.5) is 0 Å². The van der Waals surface area contributed by atoms with Crippen LogP contribution in [0.3, 0.4) is 0 Å². The minimum atomic E-state index is -0.815. The number of benzene rings is 1. The fourth-order valence-electron chi connectivity index (χ4n) is 1.33. The van der Waals surface area contributed by atoms with Crippen molar-refractivity contribution in [2.24, 2.45) is 0 Å². The maximum absolute atomic E-state index is 11.4. The van der Waals surface area contributed by atoms with Gasteiger partial charge in [-0.25, -0.2) is 0 Å². The van der Waals surface area contributed by atoms with Crippen LogP contribution in [0.15, 0.2) is 24.3 Å². The first-order chi connectivity index (χ1) is 7.11. The van der Waals surface area contributed by atoms with E-state index in [1.165, 1.54) is 0 Å². The highest BCUT2D eigenvalue weighted by molar-refractivity contribution is 7.84. The van der Waals surface area contributed by atoms with Crippen LogP contribution in [0.5, 0.6) is 0 Å². The summed E-state index contributed by atoms with van der Waals surface area (Å²) in [7, 11) is -1.59. The lowest BCUT2D eigenvalue weighted by atomic mass is 10.2. The molecule has 0 saturated heterocycles. The van der Waals surface area contributed by atoms with E-state index in [0.717, 1.165) is 11.1 Å². The van der Waals surface area contributed by atoms with Crippen LogP contribution in [0, 0.1) is 0 Å². The van der Waals surface area contributed by atoms with E-state index in [1.54, 1.807) is 6.26 Å². The van der Waals surface area contributed by atoms with E-state index in [1.807, 2.05) is 31.2 Å². The molecule has 0 aliphatic heterocycles. The summed E-state index contributed by atoms with van der Waals surface area (Å²) < 4.78 is 22.4. The van der Waals surface area contributed by atoms with Crippen molar-refractivity contribution < 1.29 is 8.42 Å². The van der Waals surface area contributed by atoms with E-state index in [4.69, 9.17) is 0 Å². The van der Waals surface area contributed by atoms with Gasteiger partial charge in [-0.3, -0.25) is 8.42 Å². The summed E-state index contributed by atoms with van der Waals surface area (Å²) in [5.41, 5.74) is 2.12. The smallest absolute Gasteiger partial charge is 0.0485 e. The van der Waals surface area contributed by atoms with Crippen LogP contribution in [0.1, 0.15) is 18.1 Å². The lowest BCUT2D eigenvalue weighted by Crippen LogP contribution is -1.99. The van der Waals surface area contributed by atoms with Gasteiger partial charge in [-0.05, 0) is 11.1 Å². The average Bonchev–Trinajstić information content (AvgIpc) is 2.17. The van der Waals surface area contributed by atoms with Gasteiger partial charge in [0.2, 0.25) is 0 Å². The maximum Gasteiger partial charge on any atom is 0.0485 e. The highest BCUT2D eigenvalue weighted by Gasteiger charge is 2.01. The summed E-state index contributed by atoms with van der Waals surface area (Å²) in [5, 5.41) is 0. The van der Waals surface area contributed by atoms with Gasteiger partial charge in [0.05, 0.1) is 0 Å². The normalized spacial score (nSPS) is 14.8. The second-order valence-electron chi connectivity index (χ2n) is 3.41. The first kappa shape index (κ1) is 12.6. The molecule has 4 heteroatoms. The molecule has 0 aliphatic carbocycles. The number of hydrogen-bond donors (Lipinski definition) is 0. The molecule has 1 aromatic carbocycles. The molecular formula is C11H16O2S2. The molecule has 0 bridgehead atoms. The molecule has 2 nitrogen and oxygen atoms in total. The zero-order valence-electron chi connectivity index (χ0n) is 9.06. The van der Waals surface area contributed by atoms with Gasteiger partial charge >= 0.3 is 0 Å². The Bertz CT molecular complexity index is 375. The van der Waals surface area contributed by atoms with E-state index in [9.17, 15) is 8.42 Å². The fraction of sp³-hybridized carbons (Fsp3) is 0.455. The van der Waals surface area contributed by atoms with Gasteiger partial charge in [0, 0.05) is 45.1 Å². The highest BCUT2D eigenvalue weighted by atomic mass is 32.2. The summed E-state index contributed by atoms with van der Waals surface area (Å²) in [6.07, 6.45) is 1.69. The molecule has 0 aromatic heterocycles. The zero-order chi connectivity index (χ0) is 11.3. The highest BCUT2D eigenvalue weighted by Crippen LogP contribution is 2.09. The summed E-state index contributed by atoms with van der Waals surface area (Å²) in [6.45, 7) is 1.92. The van der Waals surface area contributed by atoms with Gasteiger partial charge in [0.15, 0.2) is 0 Å². The molecule has 0 radical (unpaired) electrons. The number of hydrogen-bond acceptors (Lipinski definition) is 2. The van der Waals surface area contributed by atoms with Crippen molar-refractivity contribution in [2.45, 2.75) is 18.4 Å². The van der Waals surface area contributed by atoms with E-state index in [2.05, 4.69) is 0 Å². The Balaban J connectivity index is 2.74. The first-order valence-corrected chi connectivity index (χ1v) is 8.06. The monoisotopic (exact) mass is 244 g/mol. The van der Waals surface area contributed by atoms with Gasteiger partial charge in [-0.1, -0.05) is 31.2 Å². The zero-order valence-corrected chi connectivity index (χ0v) is 10.7. The standard InChI is InChI=1S/C11H16O2S2/c1-3-15(13)9-11-6-4-5-10(7-11)8-14(2)12/h4-7H,3,8-9H2,1-2H3. The van der Waals surface area contributed by atoms with Crippen LogP contribution in [-0.2, 0) is 33.1 Å². The van der Waals surface area contributed by atoms with Crippen LogP contribution in [-0.4, -0.2) is 20.4 Å². The van der Waals surface area contributed by atoms with Crippen LogP contribution >= 0.6 is 0 Å². The van der Waals surface area contributed by atoms with E-state index < -0.39 is 21.6 Å². The van der Waals surface area contributed by atoms with E-state index >= 15 is 0 Å². The lowest BCUT2D eigenvalue weighted by Gasteiger charge is -2.03. The Hall–Kier alpha value is -0.480. The van der Waals surface area contributed by atoms with Crippen molar-refractivity contribution in [3.8, 4) is 0 Å². The van der Waals surface area contributed by atoms with Crippen molar-refractivity contribution in [2.75, 3.05) is 12.0 Å². The van der Waals surface area contributed by atoms with E-state index in [0.29, 0.717) is 17.3 Å². The molecule has 0 fully saturated rings. The molecule has 0 aliphatic rings. The minimum absolute atomic E-state index is 0.576. The van der Waals surface area contributed by atoms with Crippen molar-refractivity contribution >= 4 is 21.6 Å². The Labute approximate surface area is 96.0 Å². The first-order valence-electron chi connectivity index (χ1n) is 4.84. The minimum Gasteiger partial charge on any atom is -0.260 e. The van der Waals surface area contributed by atoms with Crippen molar-refractivity contribution in [3.05, 3.63) is 35.4 Å². The third kappa shape index (κ3) is 4.71. The largest absolute Gasteiger partial charge is 0.260 e. The van der Waals surface area contributed by atoms with Crippen LogP contribution < -0.4 is 0 Å². The number of rotatable bonds is 5. The third-order valence-corrected chi connectivity index (χ3v) is 4.05. The second kappa shape index (κ2) is 6.18. The quantitative estimate of drug-likeness (QED) is 0.792. The van der Waals surface area contributed by atoms with Crippen molar-refractivity contribution in [1.82, 2.24) is 0 Å². The molecular weight excluding hydrogens is 228 g/mol. The Morgan fingerprint density at radius 3 is 2.27 bits per heavy atom. The molecule has 2 unspecified atom stereocenters. The molecule has 15 heavy (non-hydrogen) atoms. The summed E-state index contributed by atoms with van der Waals surface area (Å²) in [4.78, 5) is 0. The van der Waals surface area contributed by atoms with Gasteiger partial charge in [0.25, 0.3) is 0 Å². The van der Waals surface area contributed by atoms with Crippen LogP contribution in [0.25, 0.3) is 0 Å². The lowest BCUT2D eigenvalue weighted by molar-refractivity contribution is 0.683. The maximum atomic E-state index is 11.4. The van der Waals surface area contributed by atoms with Gasteiger partial charge < -0.3 is 0 Å². The molecule has 2 atom stereocenters. The molecule has 0 N–H and O–H groups in total. The molecule has 1 aromatic rings. The summed E-state index contributed by atoms with van der Waals surface area (Å²) >= 11 is 0. The third-order valence-electron chi connectivity index (χ3n) is 2.01. The van der Waals surface area contributed by atoms with Gasteiger partial charge in [0.1, 0.15) is 0 Å².